The predicted molar refractivity (Wildman–Crippen MR) is 151 cm³/mol. The molecule has 1 atom stereocenters. The van der Waals surface area contributed by atoms with Gasteiger partial charge in [0.05, 0.1) is 6.42 Å². The molecule has 0 heterocycles. The molecule has 1 unspecified atom stereocenters. The van der Waals surface area contributed by atoms with Crippen LogP contribution in [0.3, 0.4) is 0 Å². The molecule has 194 valence electrons. The molecule has 3 aromatic rings. The number of aryl methyl sites for hydroxylation is 2. The highest BCUT2D eigenvalue weighted by atomic mass is 35.5. The Kier molecular flexibility index (Phi) is 9.40. The summed E-state index contributed by atoms with van der Waals surface area (Å²) in [6.07, 6.45) is 6.17. The Morgan fingerprint density at radius 3 is 2.22 bits per heavy atom. The average Bonchev–Trinajstić information content (AvgIpc) is 2.86. The van der Waals surface area contributed by atoms with Crippen molar-refractivity contribution in [3.8, 4) is 0 Å². The van der Waals surface area contributed by atoms with Gasteiger partial charge in [-0.3, -0.25) is 9.59 Å². The summed E-state index contributed by atoms with van der Waals surface area (Å²) in [5.41, 5.74) is 5.15. The van der Waals surface area contributed by atoms with Crippen molar-refractivity contribution in [1.82, 2.24) is 10.2 Å². The Bertz CT molecular complexity index is 1180. The van der Waals surface area contributed by atoms with Crippen LogP contribution in [0.5, 0.6) is 0 Å². The molecule has 1 N–H and O–H groups in total. The number of halogens is 1. The minimum absolute atomic E-state index is 0.0651. The molecule has 0 saturated heterocycles. The highest BCUT2D eigenvalue weighted by molar-refractivity contribution is 6.30. The van der Waals surface area contributed by atoms with Gasteiger partial charge in [-0.15, -0.1) is 0 Å². The molecule has 1 saturated carbocycles. The highest BCUT2D eigenvalue weighted by Crippen LogP contribution is 2.22. The number of carbonyl (C=O) groups is 2. The van der Waals surface area contributed by atoms with Crippen LogP contribution in [-0.2, 0) is 29.0 Å². The molecule has 37 heavy (non-hydrogen) atoms. The number of amides is 2. The zero-order valence-corrected chi connectivity index (χ0v) is 22.6. The maximum Gasteiger partial charge on any atom is 0.243 e. The average molecular weight is 517 g/mol. The number of carbonyl (C=O) groups excluding carboxylic acids is 2. The summed E-state index contributed by atoms with van der Waals surface area (Å²) in [6.45, 7) is 4.40. The molecule has 0 radical (unpaired) electrons. The van der Waals surface area contributed by atoms with E-state index in [9.17, 15) is 9.59 Å². The van der Waals surface area contributed by atoms with Crippen LogP contribution >= 0.6 is 11.6 Å². The molecule has 3 aromatic carbocycles. The molecule has 1 aliphatic carbocycles. The Morgan fingerprint density at radius 2 is 1.54 bits per heavy atom. The second-order valence-electron chi connectivity index (χ2n) is 10.4. The first-order valence-corrected chi connectivity index (χ1v) is 13.7. The number of hydrogen-bond acceptors (Lipinski definition) is 2. The largest absolute Gasteiger partial charge is 0.352 e. The van der Waals surface area contributed by atoms with Crippen LogP contribution < -0.4 is 5.32 Å². The van der Waals surface area contributed by atoms with Gasteiger partial charge < -0.3 is 10.2 Å². The molecular formula is C32H37ClN2O2. The van der Waals surface area contributed by atoms with Gasteiger partial charge in [0.15, 0.2) is 0 Å². The third kappa shape index (κ3) is 7.93. The smallest absolute Gasteiger partial charge is 0.243 e. The van der Waals surface area contributed by atoms with Crippen LogP contribution in [0.1, 0.15) is 59.9 Å². The standard InChI is InChI=1S/C32H37ClN2O2/c1-23-16-24(2)18-27(17-23)21-31(36)35(22-26-12-9-13-28(33)19-26)30(20-25-10-5-3-6-11-25)32(37)34-29-14-7-4-8-15-29/h3,5-6,9-13,16-19,29-30H,4,7-8,14-15,20-22H2,1-2H3,(H,34,37). The van der Waals surface area contributed by atoms with Crippen LogP contribution in [0.4, 0.5) is 0 Å². The summed E-state index contributed by atoms with van der Waals surface area (Å²) in [4.78, 5) is 29.6. The summed E-state index contributed by atoms with van der Waals surface area (Å²) in [6, 6.07) is 23.3. The highest BCUT2D eigenvalue weighted by Gasteiger charge is 2.32. The first-order chi connectivity index (χ1) is 17.9. The zero-order valence-electron chi connectivity index (χ0n) is 21.9. The monoisotopic (exact) mass is 516 g/mol. The predicted octanol–water partition coefficient (Wildman–Crippen LogP) is 6.59. The van der Waals surface area contributed by atoms with Gasteiger partial charge in [0, 0.05) is 24.0 Å². The molecule has 4 nitrogen and oxygen atoms in total. The first kappa shape index (κ1) is 26.9. The van der Waals surface area contributed by atoms with E-state index in [-0.39, 0.29) is 24.3 Å². The van der Waals surface area contributed by atoms with Crippen molar-refractivity contribution in [3.05, 3.63) is 106 Å². The quantitative estimate of drug-likeness (QED) is 0.349. The SMILES string of the molecule is Cc1cc(C)cc(CC(=O)N(Cc2cccc(Cl)c2)C(Cc2ccccc2)C(=O)NC2CCCCC2)c1. The maximum absolute atomic E-state index is 14.0. The van der Waals surface area contributed by atoms with Crippen LogP contribution in [-0.4, -0.2) is 28.8 Å². The Morgan fingerprint density at radius 1 is 0.865 bits per heavy atom. The van der Waals surface area contributed by atoms with E-state index >= 15 is 0 Å². The number of rotatable bonds is 9. The fourth-order valence-electron chi connectivity index (χ4n) is 5.38. The molecule has 2 amide bonds. The number of benzene rings is 3. The summed E-state index contributed by atoms with van der Waals surface area (Å²) in [5.74, 6) is -0.142. The summed E-state index contributed by atoms with van der Waals surface area (Å²) < 4.78 is 0. The minimum Gasteiger partial charge on any atom is -0.352 e. The van der Waals surface area contributed by atoms with Crippen molar-refractivity contribution < 1.29 is 9.59 Å². The van der Waals surface area contributed by atoms with Crippen molar-refractivity contribution in [2.24, 2.45) is 0 Å². The van der Waals surface area contributed by atoms with E-state index < -0.39 is 6.04 Å². The number of hydrogen-bond donors (Lipinski definition) is 1. The van der Waals surface area contributed by atoms with E-state index in [1.54, 1.807) is 4.90 Å². The van der Waals surface area contributed by atoms with Crippen LogP contribution in [0.25, 0.3) is 0 Å². The molecule has 1 fully saturated rings. The molecule has 1 aliphatic rings. The summed E-state index contributed by atoms with van der Waals surface area (Å²) in [7, 11) is 0. The van der Waals surface area contributed by atoms with Gasteiger partial charge in [-0.1, -0.05) is 103 Å². The van der Waals surface area contributed by atoms with Gasteiger partial charge in [0.2, 0.25) is 11.8 Å². The fraction of sp³-hybridized carbons (Fsp3) is 0.375. The lowest BCUT2D eigenvalue weighted by molar-refractivity contribution is -0.141. The van der Waals surface area contributed by atoms with E-state index in [2.05, 4.69) is 23.5 Å². The number of nitrogens with zero attached hydrogens (tertiary/aromatic N) is 1. The second-order valence-corrected chi connectivity index (χ2v) is 10.8. The van der Waals surface area contributed by atoms with Crippen LogP contribution in [0.2, 0.25) is 5.02 Å². The minimum atomic E-state index is -0.623. The summed E-state index contributed by atoms with van der Waals surface area (Å²) in [5, 5.41) is 3.91. The molecule has 0 spiro atoms. The van der Waals surface area contributed by atoms with Gasteiger partial charge in [-0.05, 0) is 55.5 Å². The normalized spacial score (nSPS) is 14.7. The van der Waals surface area contributed by atoms with Crippen molar-refractivity contribution >= 4 is 23.4 Å². The maximum atomic E-state index is 14.0. The first-order valence-electron chi connectivity index (χ1n) is 13.3. The lowest BCUT2D eigenvalue weighted by Gasteiger charge is -2.33. The molecule has 0 aliphatic heterocycles. The van der Waals surface area contributed by atoms with Gasteiger partial charge >= 0.3 is 0 Å². The van der Waals surface area contributed by atoms with E-state index in [0.717, 1.165) is 53.5 Å². The molecule has 5 heteroatoms. The Balaban J connectivity index is 1.67. The Hall–Kier alpha value is -3.11. The van der Waals surface area contributed by atoms with E-state index in [1.807, 2.05) is 68.4 Å². The fourth-order valence-corrected chi connectivity index (χ4v) is 5.59. The van der Waals surface area contributed by atoms with E-state index in [4.69, 9.17) is 11.6 Å². The van der Waals surface area contributed by atoms with E-state index in [1.165, 1.54) is 6.42 Å². The van der Waals surface area contributed by atoms with Crippen LogP contribution in [0.15, 0.2) is 72.8 Å². The van der Waals surface area contributed by atoms with Crippen molar-refractivity contribution in [2.75, 3.05) is 0 Å². The molecule has 4 rings (SSSR count). The van der Waals surface area contributed by atoms with Gasteiger partial charge in [0.25, 0.3) is 0 Å². The van der Waals surface area contributed by atoms with Crippen LogP contribution in [0, 0.1) is 13.8 Å². The zero-order chi connectivity index (χ0) is 26.2. The van der Waals surface area contributed by atoms with Crippen molar-refractivity contribution in [1.29, 1.82) is 0 Å². The van der Waals surface area contributed by atoms with E-state index in [0.29, 0.717) is 18.0 Å². The van der Waals surface area contributed by atoms with Crippen molar-refractivity contribution in [3.63, 3.8) is 0 Å². The summed E-state index contributed by atoms with van der Waals surface area (Å²) >= 11 is 6.29. The second kappa shape index (κ2) is 12.9. The lowest BCUT2D eigenvalue weighted by atomic mass is 9.94. The van der Waals surface area contributed by atoms with Gasteiger partial charge in [-0.25, -0.2) is 0 Å². The molecule has 0 aromatic heterocycles. The Labute approximate surface area is 226 Å². The van der Waals surface area contributed by atoms with Crippen molar-refractivity contribution in [2.45, 2.75) is 77.4 Å². The van der Waals surface area contributed by atoms with Gasteiger partial charge in [0.1, 0.15) is 6.04 Å². The molecule has 0 bridgehead atoms. The molecular weight excluding hydrogens is 480 g/mol. The van der Waals surface area contributed by atoms with Gasteiger partial charge in [-0.2, -0.15) is 0 Å². The lowest BCUT2D eigenvalue weighted by Crippen LogP contribution is -2.53. The third-order valence-corrected chi connectivity index (χ3v) is 7.34. The number of nitrogens with one attached hydrogen (secondary N) is 1. The topological polar surface area (TPSA) is 49.4 Å². The third-order valence-electron chi connectivity index (χ3n) is 7.10.